The molecule has 0 aromatic rings. The highest BCUT2D eigenvalue weighted by molar-refractivity contribution is 4.92. The van der Waals surface area contributed by atoms with E-state index in [4.69, 9.17) is 0 Å². The number of nitrogens with one attached hydrogen (secondary N) is 1. The molecule has 3 unspecified atom stereocenters. The molecule has 3 atom stereocenters. The first-order valence-electron chi connectivity index (χ1n) is 8.77. The molecule has 0 spiro atoms. The van der Waals surface area contributed by atoms with Crippen molar-refractivity contribution >= 4 is 0 Å². The molecule has 118 valence electrons. The lowest BCUT2D eigenvalue weighted by atomic mass is 9.80. The first kappa shape index (κ1) is 16.3. The van der Waals surface area contributed by atoms with Gasteiger partial charge in [-0.05, 0) is 38.1 Å². The van der Waals surface area contributed by atoms with Crippen LogP contribution in [0.1, 0.15) is 46.5 Å². The quantitative estimate of drug-likeness (QED) is 0.835. The summed E-state index contributed by atoms with van der Waals surface area (Å²) in [7, 11) is 2.15. The molecule has 2 fully saturated rings. The molecular formula is C17H35N3. The third-order valence-corrected chi connectivity index (χ3v) is 5.37. The van der Waals surface area contributed by atoms with Gasteiger partial charge in [-0.1, -0.05) is 27.2 Å². The van der Waals surface area contributed by atoms with E-state index < -0.39 is 0 Å². The second kappa shape index (κ2) is 7.77. The highest BCUT2D eigenvalue weighted by atomic mass is 15.3. The summed E-state index contributed by atoms with van der Waals surface area (Å²) >= 11 is 0. The normalized spacial score (nSPS) is 33.8. The van der Waals surface area contributed by atoms with Gasteiger partial charge in [0.25, 0.3) is 0 Å². The van der Waals surface area contributed by atoms with E-state index in [0.29, 0.717) is 0 Å². The van der Waals surface area contributed by atoms with Crippen molar-refractivity contribution in [1.82, 2.24) is 15.1 Å². The molecule has 1 aliphatic heterocycles. The van der Waals surface area contributed by atoms with Gasteiger partial charge in [0.2, 0.25) is 0 Å². The van der Waals surface area contributed by atoms with Gasteiger partial charge >= 0.3 is 0 Å². The molecule has 1 heterocycles. The molecule has 3 nitrogen and oxygen atoms in total. The monoisotopic (exact) mass is 281 g/mol. The maximum Gasteiger partial charge on any atom is 0.0252 e. The first-order valence-corrected chi connectivity index (χ1v) is 8.77. The Morgan fingerprint density at radius 3 is 2.35 bits per heavy atom. The molecule has 0 aromatic carbocycles. The van der Waals surface area contributed by atoms with Crippen molar-refractivity contribution in [3.05, 3.63) is 0 Å². The van der Waals surface area contributed by atoms with E-state index in [2.05, 4.69) is 42.9 Å². The van der Waals surface area contributed by atoms with Crippen molar-refractivity contribution in [3.63, 3.8) is 0 Å². The lowest BCUT2D eigenvalue weighted by molar-refractivity contribution is 0.0454. The third-order valence-electron chi connectivity index (χ3n) is 5.37. The van der Waals surface area contributed by atoms with E-state index in [1.165, 1.54) is 58.4 Å². The molecule has 1 saturated carbocycles. The van der Waals surface area contributed by atoms with Gasteiger partial charge in [0.1, 0.15) is 0 Å². The Morgan fingerprint density at radius 2 is 1.80 bits per heavy atom. The number of hydrogen-bond acceptors (Lipinski definition) is 3. The number of rotatable bonds is 5. The van der Waals surface area contributed by atoms with E-state index in [9.17, 15) is 0 Å². The lowest BCUT2D eigenvalue weighted by Gasteiger charge is -2.46. The third kappa shape index (κ3) is 4.19. The van der Waals surface area contributed by atoms with Crippen LogP contribution < -0.4 is 5.32 Å². The van der Waals surface area contributed by atoms with Gasteiger partial charge in [0, 0.05) is 44.8 Å². The Labute approximate surface area is 126 Å². The smallest absolute Gasteiger partial charge is 0.0252 e. The minimum atomic E-state index is 0.717. The van der Waals surface area contributed by atoms with Crippen molar-refractivity contribution in [2.45, 2.75) is 58.5 Å². The summed E-state index contributed by atoms with van der Waals surface area (Å²) in [6, 6.07) is 1.49. The fourth-order valence-corrected chi connectivity index (χ4v) is 4.14. The summed E-state index contributed by atoms with van der Waals surface area (Å²) in [6.07, 6.45) is 5.56. The van der Waals surface area contributed by atoms with Crippen LogP contribution in [0, 0.1) is 11.8 Å². The van der Waals surface area contributed by atoms with Crippen molar-refractivity contribution in [2.75, 3.05) is 39.8 Å². The van der Waals surface area contributed by atoms with Crippen LogP contribution in [-0.2, 0) is 0 Å². The van der Waals surface area contributed by atoms with Crippen molar-refractivity contribution in [1.29, 1.82) is 0 Å². The zero-order valence-corrected chi connectivity index (χ0v) is 14.1. The molecular weight excluding hydrogens is 246 g/mol. The highest BCUT2D eigenvalue weighted by Crippen LogP contribution is 2.30. The van der Waals surface area contributed by atoms with E-state index in [0.717, 1.165) is 23.9 Å². The van der Waals surface area contributed by atoms with Gasteiger partial charge in [-0.25, -0.2) is 0 Å². The number of nitrogens with zero attached hydrogens (tertiary/aromatic N) is 2. The molecule has 0 amide bonds. The maximum absolute atomic E-state index is 3.58. The van der Waals surface area contributed by atoms with E-state index in [1.54, 1.807) is 0 Å². The Hall–Kier alpha value is -0.120. The molecule has 20 heavy (non-hydrogen) atoms. The minimum absolute atomic E-state index is 0.717. The molecule has 3 heteroatoms. The largest absolute Gasteiger partial charge is 0.315 e. The lowest BCUT2D eigenvalue weighted by Crippen LogP contribution is -2.58. The zero-order valence-electron chi connectivity index (χ0n) is 14.1. The van der Waals surface area contributed by atoms with E-state index in [-0.39, 0.29) is 0 Å². The van der Waals surface area contributed by atoms with Crippen molar-refractivity contribution in [2.24, 2.45) is 11.8 Å². The van der Waals surface area contributed by atoms with Crippen molar-refractivity contribution < 1.29 is 0 Å². The SMILES string of the molecule is CCC1CCC(NC)C(N2CCN(CC(C)C)CC2)C1. The topological polar surface area (TPSA) is 18.5 Å². The molecule has 0 radical (unpaired) electrons. The summed E-state index contributed by atoms with van der Waals surface area (Å²) in [5, 5.41) is 3.58. The molecule has 1 saturated heterocycles. The van der Waals surface area contributed by atoms with Gasteiger partial charge in [0.05, 0.1) is 0 Å². The Bertz CT molecular complexity index is 271. The number of hydrogen-bond donors (Lipinski definition) is 1. The van der Waals surface area contributed by atoms with Gasteiger partial charge in [-0.2, -0.15) is 0 Å². The van der Waals surface area contributed by atoms with Gasteiger partial charge in [0.15, 0.2) is 0 Å². The molecule has 1 aliphatic carbocycles. The molecule has 1 N–H and O–H groups in total. The molecule has 0 aromatic heterocycles. The summed E-state index contributed by atoms with van der Waals surface area (Å²) < 4.78 is 0. The predicted molar refractivity (Wildman–Crippen MR) is 87.1 cm³/mol. The van der Waals surface area contributed by atoms with Gasteiger partial charge < -0.3 is 10.2 Å². The molecule has 0 bridgehead atoms. The minimum Gasteiger partial charge on any atom is -0.315 e. The number of likely N-dealkylation sites (N-methyl/N-ethyl adjacent to an activating group) is 1. The van der Waals surface area contributed by atoms with Crippen LogP contribution in [0.25, 0.3) is 0 Å². The van der Waals surface area contributed by atoms with Gasteiger partial charge in [-0.3, -0.25) is 4.90 Å². The fourth-order valence-electron chi connectivity index (χ4n) is 4.14. The summed E-state index contributed by atoms with van der Waals surface area (Å²) in [6.45, 7) is 13.4. The van der Waals surface area contributed by atoms with Crippen LogP contribution >= 0.6 is 0 Å². The Kier molecular flexibility index (Phi) is 6.31. The standard InChI is InChI=1S/C17H35N3/c1-5-15-6-7-16(18-4)17(12-15)20-10-8-19(9-11-20)13-14(2)3/h14-18H,5-13H2,1-4H3. The Balaban J connectivity index is 1.86. The average Bonchev–Trinajstić information content (AvgIpc) is 2.46. The predicted octanol–water partition coefficient (Wildman–Crippen LogP) is 2.43. The summed E-state index contributed by atoms with van der Waals surface area (Å²) in [4.78, 5) is 5.43. The van der Waals surface area contributed by atoms with Crippen LogP contribution in [0.4, 0.5) is 0 Å². The molecule has 2 aliphatic rings. The van der Waals surface area contributed by atoms with E-state index in [1.807, 2.05) is 0 Å². The van der Waals surface area contributed by atoms with E-state index >= 15 is 0 Å². The van der Waals surface area contributed by atoms with Gasteiger partial charge in [-0.15, -0.1) is 0 Å². The molecule has 2 rings (SSSR count). The number of piperazine rings is 1. The average molecular weight is 281 g/mol. The van der Waals surface area contributed by atoms with Crippen LogP contribution in [0.15, 0.2) is 0 Å². The second-order valence-corrected chi connectivity index (χ2v) is 7.28. The maximum atomic E-state index is 3.58. The van der Waals surface area contributed by atoms with Crippen molar-refractivity contribution in [3.8, 4) is 0 Å². The zero-order chi connectivity index (χ0) is 14.5. The van der Waals surface area contributed by atoms with Crippen LogP contribution in [0.3, 0.4) is 0 Å². The van der Waals surface area contributed by atoms with Crippen LogP contribution in [0.5, 0.6) is 0 Å². The summed E-state index contributed by atoms with van der Waals surface area (Å²) in [5.41, 5.74) is 0. The van der Waals surface area contributed by atoms with Crippen LogP contribution in [0.2, 0.25) is 0 Å². The fraction of sp³-hybridized carbons (Fsp3) is 1.00. The Morgan fingerprint density at radius 1 is 1.10 bits per heavy atom. The second-order valence-electron chi connectivity index (χ2n) is 7.28. The highest BCUT2D eigenvalue weighted by Gasteiger charge is 2.34. The van der Waals surface area contributed by atoms with Crippen LogP contribution in [-0.4, -0.2) is 61.7 Å². The first-order chi connectivity index (χ1) is 9.63. The summed E-state index contributed by atoms with van der Waals surface area (Å²) in [5.74, 6) is 1.75.